The van der Waals surface area contributed by atoms with Crippen LogP contribution in [0.25, 0.3) is 0 Å². The molecule has 13 heavy (non-hydrogen) atoms. The van der Waals surface area contributed by atoms with Crippen LogP contribution in [0.4, 0.5) is 5.69 Å². The first kappa shape index (κ1) is 8.56. The number of hydrogen-bond acceptors (Lipinski definition) is 3. The van der Waals surface area contributed by atoms with Crippen molar-refractivity contribution >= 4 is 5.69 Å². The van der Waals surface area contributed by atoms with Gasteiger partial charge < -0.3 is 11.1 Å². The monoisotopic (exact) mass is 180 g/mol. The van der Waals surface area contributed by atoms with Crippen molar-refractivity contribution in [3.8, 4) is 0 Å². The molecule has 2 atom stereocenters. The fraction of sp³-hybridized carbons (Fsp3) is 0.667. The van der Waals surface area contributed by atoms with Gasteiger partial charge in [-0.25, -0.2) is 0 Å². The van der Waals surface area contributed by atoms with Crippen LogP contribution in [0.2, 0.25) is 0 Å². The van der Waals surface area contributed by atoms with Crippen LogP contribution < -0.4 is 11.1 Å². The zero-order valence-electron chi connectivity index (χ0n) is 7.90. The van der Waals surface area contributed by atoms with E-state index in [0.717, 1.165) is 18.5 Å². The van der Waals surface area contributed by atoms with E-state index >= 15 is 0 Å². The van der Waals surface area contributed by atoms with Gasteiger partial charge in [-0.3, -0.25) is 4.68 Å². The van der Waals surface area contributed by atoms with Crippen molar-refractivity contribution in [2.45, 2.75) is 31.3 Å². The summed E-state index contributed by atoms with van der Waals surface area (Å²) in [5, 5.41) is 7.53. The van der Waals surface area contributed by atoms with E-state index in [0.29, 0.717) is 12.1 Å². The topological polar surface area (TPSA) is 55.9 Å². The minimum atomic E-state index is 0.383. The molecule has 0 bridgehead atoms. The fourth-order valence-corrected chi connectivity index (χ4v) is 1.88. The first-order valence-corrected chi connectivity index (χ1v) is 4.75. The molecule has 1 saturated carbocycles. The van der Waals surface area contributed by atoms with E-state index in [4.69, 9.17) is 5.73 Å². The second-order valence-electron chi connectivity index (χ2n) is 3.82. The molecule has 1 aliphatic rings. The molecule has 2 unspecified atom stereocenters. The van der Waals surface area contributed by atoms with Gasteiger partial charge in [-0.15, -0.1) is 0 Å². The van der Waals surface area contributed by atoms with Crippen LogP contribution >= 0.6 is 0 Å². The van der Waals surface area contributed by atoms with Crippen LogP contribution in [0, 0.1) is 0 Å². The Morgan fingerprint density at radius 3 is 3.00 bits per heavy atom. The summed E-state index contributed by atoms with van der Waals surface area (Å²) in [6, 6.07) is 0.924. The fourth-order valence-electron chi connectivity index (χ4n) is 1.88. The second kappa shape index (κ2) is 3.38. The number of nitrogens with zero attached hydrogens (tertiary/aromatic N) is 2. The Hall–Kier alpha value is -1.03. The Balaban J connectivity index is 1.91. The van der Waals surface area contributed by atoms with Gasteiger partial charge in [0.15, 0.2) is 0 Å². The van der Waals surface area contributed by atoms with Crippen LogP contribution in [0.15, 0.2) is 12.4 Å². The normalized spacial score (nSPS) is 27.8. The largest absolute Gasteiger partial charge is 0.380 e. The van der Waals surface area contributed by atoms with Crippen molar-refractivity contribution in [2.24, 2.45) is 12.8 Å². The van der Waals surface area contributed by atoms with Crippen molar-refractivity contribution in [3.63, 3.8) is 0 Å². The lowest BCUT2D eigenvalue weighted by atomic mass is 10.2. The number of aromatic nitrogens is 2. The SMILES string of the molecule is Cn1cc(NC2CCC(N)C2)cn1. The van der Waals surface area contributed by atoms with Crippen molar-refractivity contribution in [3.05, 3.63) is 12.4 Å². The number of nitrogens with one attached hydrogen (secondary N) is 1. The number of nitrogens with two attached hydrogens (primary N) is 1. The van der Waals surface area contributed by atoms with Crippen LogP contribution in [0.3, 0.4) is 0 Å². The summed E-state index contributed by atoms with van der Waals surface area (Å²) in [6.45, 7) is 0. The molecule has 0 radical (unpaired) electrons. The van der Waals surface area contributed by atoms with E-state index in [1.165, 1.54) is 6.42 Å². The zero-order chi connectivity index (χ0) is 9.26. The lowest BCUT2D eigenvalue weighted by Gasteiger charge is -2.10. The molecule has 3 N–H and O–H groups in total. The van der Waals surface area contributed by atoms with Gasteiger partial charge in [0.05, 0.1) is 11.9 Å². The van der Waals surface area contributed by atoms with Gasteiger partial charge in [-0.2, -0.15) is 5.10 Å². The molecule has 1 fully saturated rings. The average molecular weight is 180 g/mol. The van der Waals surface area contributed by atoms with E-state index in [9.17, 15) is 0 Å². The third-order valence-corrected chi connectivity index (χ3v) is 2.55. The quantitative estimate of drug-likeness (QED) is 0.704. The second-order valence-corrected chi connectivity index (χ2v) is 3.82. The van der Waals surface area contributed by atoms with Gasteiger partial charge in [0.2, 0.25) is 0 Å². The number of aryl methyl sites for hydroxylation is 1. The molecule has 2 rings (SSSR count). The molecule has 0 amide bonds. The van der Waals surface area contributed by atoms with E-state index in [1.54, 1.807) is 4.68 Å². The summed E-state index contributed by atoms with van der Waals surface area (Å²) in [4.78, 5) is 0. The molecule has 4 nitrogen and oxygen atoms in total. The maximum atomic E-state index is 5.82. The van der Waals surface area contributed by atoms with E-state index in [-0.39, 0.29) is 0 Å². The zero-order valence-corrected chi connectivity index (χ0v) is 7.90. The lowest BCUT2D eigenvalue weighted by molar-refractivity contribution is 0.688. The Morgan fingerprint density at radius 2 is 2.46 bits per heavy atom. The molecule has 72 valence electrons. The van der Waals surface area contributed by atoms with Crippen molar-refractivity contribution < 1.29 is 0 Å². The van der Waals surface area contributed by atoms with Crippen LogP contribution in [-0.2, 0) is 7.05 Å². The van der Waals surface area contributed by atoms with Gasteiger partial charge in [-0.05, 0) is 19.3 Å². The van der Waals surface area contributed by atoms with Crippen LogP contribution in [-0.4, -0.2) is 21.9 Å². The highest BCUT2D eigenvalue weighted by Crippen LogP contribution is 2.21. The molecule has 1 aromatic heterocycles. The Bertz CT molecular complexity index is 281. The van der Waals surface area contributed by atoms with E-state index in [2.05, 4.69) is 10.4 Å². The van der Waals surface area contributed by atoms with Crippen molar-refractivity contribution in [2.75, 3.05) is 5.32 Å². The maximum absolute atomic E-state index is 5.82. The standard InChI is InChI=1S/C9H16N4/c1-13-6-9(5-11-13)12-8-3-2-7(10)4-8/h5-8,12H,2-4,10H2,1H3. The molecule has 4 heteroatoms. The molecule has 1 aliphatic carbocycles. The molecular weight excluding hydrogens is 164 g/mol. The summed E-state index contributed by atoms with van der Waals surface area (Å²) in [7, 11) is 1.92. The van der Waals surface area contributed by atoms with Crippen LogP contribution in [0.5, 0.6) is 0 Å². The number of rotatable bonds is 2. The van der Waals surface area contributed by atoms with Crippen molar-refractivity contribution in [1.82, 2.24) is 9.78 Å². The summed E-state index contributed by atoms with van der Waals surface area (Å²) >= 11 is 0. The van der Waals surface area contributed by atoms with Gasteiger partial charge >= 0.3 is 0 Å². The molecular formula is C9H16N4. The van der Waals surface area contributed by atoms with Crippen LogP contribution in [0.1, 0.15) is 19.3 Å². The molecule has 1 heterocycles. The molecule has 0 spiro atoms. The average Bonchev–Trinajstić information content (AvgIpc) is 2.62. The van der Waals surface area contributed by atoms with E-state index < -0.39 is 0 Å². The van der Waals surface area contributed by atoms with Crippen molar-refractivity contribution in [1.29, 1.82) is 0 Å². The predicted octanol–water partition coefficient (Wildman–Crippen LogP) is 0.712. The summed E-state index contributed by atoms with van der Waals surface area (Å²) < 4.78 is 1.80. The van der Waals surface area contributed by atoms with Gasteiger partial charge in [0, 0.05) is 25.3 Å². The first-order valence-electron chi connectivity index (χ1n) is 4.75. The highest BCUT2D eigenvalue weighted by atomic mass is 15.3. The molecule has 0 aliphatic heterocycles. The third-order valence-electron chi connectivity index (χ3n) is 2.55. The van der Waals surface area contributed by atoms with Gasteiger partial charge in [0.25, 0.3) is 0 Å². The van der Waals surface area contributed by atoms with Gasteiger partial charge in [-0.1, -0.05) is 0 Å². The first-order chi connectivity index (χ1) is 6.24. The highest BCUT2D eigenvalue weighted by molar-refractivity contribution is 5.39. The Morgan fingerprint density at radius 1 is 1.62 bits per heavy atom. The Kier molecular flexibility index (Phi) is 2.22. The third kappa shape index (κ3) is 2.01. The molecule has 0 aromatic carbocycles. The summed E-state index contributed by atoms with van der Waals surface area (Å²) in [5.74, 6) is 0. The number of hydrogen-bond donors (Lipinski definition) is 2. The van der Waals surface area contributed by atoms with E-state index in [1.807, 2.05) is 19.4 Å². The Labute approximate surface area is 78.1 Å². The summed E-state index contributed by atoms with van der Waals surface area (Å²) in [6.07, 6.45) is 7.23. The highest BCUT2D eigenvalue weighted by Gasteiger charge is 2.21. The number of anilines is 1. The molecule has 1 aromatic rings. The predicted molar refractivity (Wildman–Crippen MR) is 52.4 cm³/mol. The summed E-state index contributed by atoms with van der Waals surface area (Å²) in [5.41, 5.74) is 6.92. The smallest absolute Gasteiger partial charge is 0.0728 e. The minimum Gasteiger partial charge on any atom is -0.380 e. The van der Waals surface area contributed by atoms with Gasteiger partial charge in [0.1, 0.15) is 0 Å². The lowest BCUT2D eigenvalue weighted by Crippen LogP contribution is -2.20. The molecule has 0 saturated heterocycles. The minimum absolute atomic E-state index is 0.383. The maximum Gasteiger partial charge on any atom is 0.0728 e.